The molecule has 0 saturated carbocycles. The van der Waals surface area contributed by atoms with Crippen molar-refractivity contribution >= 4 is 17.3 Å². The highest BCUT2D eigenvalue weighted by molar-refractivity contribution is 5.76. The highest BCUT2D eigenvalue weighted by Crippen LogP contribution is 2.41. The van der Waals surface area contributed by atoms with Crippen LogP contribution in [0, 0.1) is 10.1 Å². The number of ether oxygens (including phenoxy) is 1. The Hall–Kier alpha value is -4.61. The molecule has 0 aliphatic carbocycles. The summed E-state index contributed by atoms with van der Waals surface area (Å²) in [6.45, 7) is 0. The number of nitro benzene ring substituents is 1. The van der Waals surface area contributed by atoms with Crippen LogP contribution in [0.4, 0.5) is 17.3 Å². The maximum Gasteiger partial charge on any atom is 0.288 e. The zero-order valence-corrected chi connectivity index (χ0v) is 16.0. The van der Waals surface area contributed by atoms with Crippen LogP contribution >= 0.6 is 0 Å². The SMILES string of the molecule is COc1cccc(-c2n[nH]c(=O)c3c2C(c2cccc([N+](=O)[O-])c2)n2nnnc2N3)c1. The van der Waals surface area contributed by atoms with Crippen LogP contribution in [0.5, 0.6) is 5.75 Å². The number of aromatic amines is 1. The van der Waals surface area contributed by atoms with Crippen molar-refractivity contribution in [1.29, 1.82) is 0 Å². The topological polar surface area (TPSA) is 154 Å². The second-order valence-electron chi connectivity index (χ2n) is 6.75. The first-order valence-electron chi connectivity index (χ1n) is 9.13. The Morgan fingerprint density at radius 3 is 2.84 bits per heavy atom. The van der Waals surface area contributed by atoms with Crippen LogP contribution in [-0.4, -0.2) is 42.4 Å². The lowest BCUT2D eigenvalue weighted by Crippen LogP contribution is -2.29. The van der Waals surface area contributed by atoms with Crippen molar-refractivity contribution in [3.8, 4) is 17.0 Å². The quantitative estimate of drug-likeness (QED) is 0.329. The molecular weight excluding hydrogens is 404 g/mol. The van der Waals surface area contributed by atoms with Gasteiger partial charge in [0.25, 0.3) is 11.2 Å². The standard InChI is InChI=1S/C19H14N8O4/c1-31-13-7-3-4-10(9-13)15-14-16(18(28)22-21-15)20-19-23-24-25-26(19)17(14)11-5-2-6-12(8-11)27(29)30/h2-9,17H,1H3,(H,22,28)(H,20,23,25). The normalized spacial score (nSPS) is 14.3. The van der Waals surface area contributed by atoms with Crippen LogP contribution in [0.1, 0.15) is 17.2 Å². The van der Waals surface area contributed by atoms with Gasteiger partial charge in [0.2, 0.25) is 5.95 Å². The van der Waals surface area contributed by atoms with Gasteiger partial charge in [-0.05, 0) is 28.1 Å². The zero-order chi connectivity index (χ0) is 21.5. The monoisotopic (exact) mass is 418 g/mol. The Bertz CT molecular complexity index is 1380. The number of benzene rings is 2. The number of nitrogens with zero attached hydrogens (tertiary/aromatic N) is 6. The van der Waals surface area contributed by atoms with Gasteiger partial charge in [-0.1, -0.05) is 29.4 Å². The number of anilines is 2. The van der Waals surface area contributed by atoms with E-state index in [9.17, 15) is 14.9 Å². The molecule has 12 heteroatoms. The first kappa shape index (κ1) is 18.4. The number of non-ortho nitro benzene ring substituents is 1. The van der Waals surface area contributed by atoms with Crippen LogP contribution < -0.4 is 15.6 Å². The molecule has 2 N–H and O–H groups in total. The number of rotatable bonds is 4. The molecule has 31 heavy (non-hydrogen) atoms. The van der Waals surface area contributed by atoms with Crippen molar-refractivity contribution in [3.63, 3.8) is 0 Å². The highest BCUT2D eigenvalue weighted by atomic mass is 16.6. The van der Waals surface area contributed by atoms with Crippen LogP contribution in [-0.2, 0) is 0 Å². The van der Waals surface area contributed by atoms with Crippen LogP contribution in [0.3, 0.4) is 0 Å². The van der Waals surface area contributed by atoms with Gasteiger partial charge in [0, 0.05) is 23.3 Å². The first-order chi connectivity index (χ1) is 15.1. The number of fused-ring (bicyclic) bond motifs is 2. The van der Waals surface area contributed by atoms with Crippen molar-refractivity contribution in [1.82, 2.24) is 30.4 Å². The van der Waals surface area contributed by atoms with E-state index in [1.165, 1.54) is 16.8 Å². The number of aromatic nitrogens is 6. The average Bonchev–Trinajstić information content (AvgIpc) is 3.26. The summed E-state index contributed by atoms with van der Waals surface area (Å²) in [7, 11) is 1.55. The molecule has 3 heterocycles. The van der Waals surface area contributed by atoms with Crippen molar-refractivity contribution in [2.45, 2.75) is 6.04 Å². The predicted octanol–water partition coefficient (Wildman–Crippen LogP) is 2.03. The molecular formula is C19H14N8O4. The molecule has 154 valence electrons. The Morgan fingerprint density at radius 2 is 2.03 bits per heavy atom. The smallest absolute Gasteiger partial charge is 0.288 e. The van der Waals surface area contributed by atoms with E-state index in [0.717, 1.165) is 0 Å². The van der Waals surface area contributed by atoms with E-state index < -0.39 is 16.5 Å². The molecule has 5 rings (SSSR count). The van der Waals surface area contributed by atoms with Crippen molar-refractivity contribution < 1.29 is 9.66 Å². The third-order valence-electron chi connectivity index (χ3n) is 5.01. The van der Waals surface area contributed by atoms with Gasteiger partial charge in [-0.25, -0.2) is 5.10 Å². The number of H-pyrrole nitrogens is 1. The molecule has 1 aliphatic rings. The van der Waals surface area contributed by atoms with E-state index in [1.54, 1.807) is 37.4 Å². The van der Waals surface area contributed by atoms with Gasteiger partial charge in [-0.2, -0.15) is 9.78 Å². The Labute approximate surface area is 173 Å². The van der Waals surface area contributed by atoms with E-state index >= 15 is 0 Å². The van der Waals surface area contributed by atoms with Gasteiger partial charge in [0.15, 0.2) is 0 Å². The second-order valence-corrected chi connectivity index (χ2v) is 6.75. The minimum Gasteiger partial charge on any atom is -0.497 e. The third-order valence-corrected chi connectivity index (χ3v) is 5.01. The van der Waals surface area contributed by atoms with E-state index in [1.807, 2.05) is 6.07 Å². The molecule has 0 amide bonds. The van der Waals surface area contributed by atoms with Gasteiger partial charge in [-0.15, -0.1) is 0 Å². The number of methoxy groups -OCH3 is 1. The van der Waals surface area contributed by atoms with Crippen LogP contribution in [0.2, 0.25) is 0 Å². The fourth-order valence-corrected chi connectivity index (χ4v) is 3.64. The number of hydrogen-bond acceptors (Lipinski definition) is 9. The van der Waals surface area contributed by atoms with Crippen molar-refractivity contribution in [2.75, 3.05) is 12.4 Å². The van der Waals surface area contributed by atoms with Crippen LogP contribution in [0.15, 0.2) is 53.3 Å². The van der Waals surface area contributed by atoms with Gasteiger partial charge in [0.1, 0.15) is 17.5 Å². The molecule has 12 nitrogen and oxygen atoms in total. The summed E-state index contributed by atoms with van der Waals surface area (Å²) in [5, 5.41) is 32.7. The van der Waals surface area contributed by atoms with Crippen molar-refractivity contribution in [3.05, 3.63) is 80.1 Å². The fraction of sp³-hybridized carbons (Fsp3) is 0.105. The molecule has 0 saturated heterocycles. The summed E-state index contributed by atoms with van der Waals surface area (Å²) in [5.74, 6) is 0.843. The Morgan fingerprint density at radius 1 is 1.19 bits per heavy atom. The third kappa shape index (κ3) is 2.97. The van der Waals surface area contributed by atoms with Gasteiger partial charge >= 0.3 is 0 Å². The molecule has 0 bridgehead atoms. The number of nitrogens with one attached hydrogen (secondary N) is 2. The lowest BCUT2D eigenvalue weighted by atomic mass is 9.92. The first-order valence-corrected chi connectivity index (χ1v) is 9.13. The highest BCUT2D eigenvalue weighted by Gasteiger charge is 2.35. The van der Waals surface area contributed by atoms with Crippen molar-refractivity contribution in [2.24, 2.45) is 0 Å². The maximum absolute atomic E-state index is 12.7. The molecule has 0 fully saturated rings. The fourth-order valence-electron chi connectivity index (χ4n) is 3.64. The zero-order valence-electron chi connectivity index (χ0n) is 16.0. The molecule has 1 aliphatic heterocycles. The molecule has 2 aromatic carbocycles. The number of tetrazole rings is 1. The van der Waals surface area contributed by atoms with E-state index in [2.05, 4.69) is 31.0 Å². The van der Waals surface area contributed by atoms with Gasteiger partial charge in [-0.3, -0.25) is 14.9 Å². The van der Waals surface area contributed by atoms with E-state index in [0.29, 0.717) is 28.1 Å². The minimum atomic E-state index is -0.725. The molecule has 0 radical (unpaired) electrons. The minimum absolute atomic E-state index is 0.0899. The van der Waals surface area contributed by atoms with Gasteiger partial charge in [0.05, 0.1) is 17.7 Å². The lowest BCUT2D eigenvalue weighted by molar-refractivity contribution is -0.384. The Kier molecular flexibility index (Phi) is 4.17. The molecule has 0 spiro atoms. The summed E-state index contributed by atoms with van der Waals surface area (Å²) in [4.78, 5) is 23.5. The molecule has 1 unspecified atom stereocenters. The Balaban J connectivity index is 1.81. The molecule has 4 aromatic rings. The van der Waals surface area contributed by atoms with Crippen LogP contribution in [0.25, 0.3) is 11.3 Å². The largest absolute Gasteiger partial charge is 0.497 e. The predicted molar refractivity (Wildman–Crippen MR) is 108 cm³/mol. The summed E-state index contributed by atoms with van der Waals surface area (Å²) >= 11 is 0. The summed E-state index contributed by atoms with van der Waals surface area (Å²) in [6, 6.07) is 12.6. The summed E-state index contributed by atoms with van der Waals surface area (Å²) < 4.78 is 6.78. The average molecular weight is 418 g/mol. The van der Waals surface area contributed by atoms with E-state index in [-0.39, 0.29) is 17.3 Å². The number of nitro groups is 1. The van der Waals surface area contributed by atoms with Gasteiger partial charge < -0.3 is 10.1 Å². The lowest BCUT2D eigenvalue weighted by Gasteiger charge is -2.27. The van der Waals surface area contributed by atoms with E-state index in [4.69, 9.17) is 4.74 Å². The summed E-state index contributed by atoms with van der Waals surface area (Å²) in [6.07, 6.45) is 0. The molecule has 2 aromatic heterocycles. The number of hydrogen-bond donors (Lipinski definition) is 2. The second kappa shape index (κ2) is 7.02. The maximum atomic E-state index is 12.7. The summed E-state index contributed by atoms with van der Waals surface area (Å²) in [5.41, 5.74) is 1.81. The molecule has 1 atom stereocenters.